The molecule has 1 heterocycles. The van der Waals surface area contributed by atoms with Crippen molar-refractivity contribution in [2.75, 3.05) is 13.2 Å². The summed E-state index contributed by atoms with van der Waals surface area (Å²) in [6.45, 7) is 5.23. The van der Waals surface area contributed by atoms with Crippen molar-refractivity contribution in [1.82, 2.24) is 16.2 Å². The van der Waals surface area contributed by atoms with Crippen molar-refractivity contribution in [2.45, 2.75) is 57.9 Å². The molecule has 7 heteroatoms. The van der Waals surface area contributed by atoms with Gasteiger partial charge < -0.3 is 4.74 Å². The number of rotatable bonds is 11. The summed E-state index contributed by atoms with van der Waals surface area (Å²) in [5.41, 5.74) is 6.97. The molecule has 1 aromatic carbocycles. The van der Waals surface area contributed by atoms with Gasteiger partial charge in [0.25, 0.3) is 0 Å². The SMILES string of the molecule is CC(C)(NNC/C=C/CCC1CCC(=O)NC1=O)c1ccc(F)c(OCC2CC2)c1. The highest BCUT2D eigenvalue weighted by Gasteiger charge is 2.26. The molecule has 0 radical (unpaired) electrons. The molecule has 0 spiro atoms. The molecule has 1 saturated carbocycles. The van der Waals surface area contributed by atoms with Crippen LogP contribution in [-0.4, -0.2) is 25.0 Å². The maximum atomic E-state index is 14.0. The number of allylic oxidation sites excluding steroid dienone is 1. The molecule has 3 N–H and O–H groups in total. The molecule has 2 amide bonds. The number of ether oxygens (including phenoxy) is 1. The molecule has 1 atom stereocenters. The van der Waals surface area contributed by atoms with Crippen LogP contribution < -0.4 is 20.9 Å². The van der Waals surface area contributed by atoms with Crippen LogP contribution in [0.2, 0.25) is 0 Å². The van der Waals surface area contributed by atoms with Gasteiger partial charge in [-0.25, -0.2) is 9.82 Å². The predicted octanol–water partition coefficient (Wildman–Crippen LogP) is 3.33. The first-order chi connectivity index (χ1) is 14.3. The van der Waals surface area contributed by atoms with Gasteiger partial charge >= 0.3 is 0 Å². The first-order valence-corrected chi connectivity index (χ1v) is 10.8. The molecule has 2 aliphatic rings. The number of piperidine rings is 1. The van der Waals surface area contributed by atoms with E-state index in [1.54, 1.807) is 12.1 Å². The molecule has 0 aromatic heterocycles. The Kier molecular flexibility index (Phi) is 7.61. The first-order valence-electron chi connectivity index (χ1n) is 10.8. The van der Waals surface area contributed by atoms with Crippen LogP contribution in [0.15, 0.2) is 30.4 Å². The summed E-state index contributed by atoms with van der Waals surface area (Å²) in [7, 11) is 0. The maximum absolute atomic E-state index is 14.0. The molecule has 1 unspecified atom stereocenters. The second-order valence-corrected chi connectivity index (χ2v) is 8.73. The molecule has 0 bridgehead atoms. The summed E-state index contributed by atoms with van der Waals surface area (Å²) in [6.07, 6.45) is 8.97. The lowest BCUT2D eigenvalue weighted by Gasteiger charge is -2.27. The molecule has 1 aromatic rings. The van der Waals surface area contributed by atoms with Crippen LogP contribution in [0, 0.1) is 17.7 Å². The lowest BCUT2D eigenvalue weighted by atomic mass is 9.93. The largest absolute Gasteiger partial charge is 0.490 e. The third-order valence-electron chi connectivity index (χ3n) is 5.65. The number of amides is 2. The van der Waals surface area contributed by atoms with Gasteiger partial charge in [0.15, 0.2) is 11.6 Å². The zero-order valence-corrected chi connectivity index (χ0v) is 17.8. The number of benzene rings is 1. The number of nitrogens with one attached hydrogen (secondary N) is 3. The van der Waals surface area contributed by atoms with Crippen LogP contribution in [0.1, 0.15) is 57.9 Å². The normalized spacial score (nSPS) is 19.9. The van der Waals surface area contributed by atoms with E-state index in [9.17, 15) is 14.0 Å². The van der Waals surface area contributed by atoms with Crippen LogP contribution in [0.5, 0.6) is 5.75 Å². The summed E-state index contributed by atoms with van der Waals surface area (Å²) in [6, 6.07) is 4.99. The summed E-state index contributed by atoms with van der Waals surface area (Å²) in [4.78, 5) is 22.9. The van der Waals surface area contributed by atoms with E-state index in [0.29, 0.717) is 37.7 Å². The Labute approximate surface area is 177 Å². The van der Waals surface area contributed by atoms with Gasteiger partial charge in [-0.1, -0.05) is 18.2 Å². The van der Waals surface area contributed by atoms with Crippen molar-refractivity contribution < 1.29 is 18.7 Å². The monoisotopic (exact) mass is 417 g/mol. The number of hydrogen-bond acceptors (Lipinski definition) is 5. The molecule has 2 fully saturated rings. The minimum Gasteiger partial charge on any atom is -0.490 e. The second-order valence-electron chi connectivity index (χ2n) is 8.73. The molecule has 30 heavy (non-hydrogen) atoms. The summed E-state index contributed by atoms with van der Waals surface area (Å²) in [5.74, 6) is 0.146. The highest BCUT2D eigenvalue weighted by atomic mass is 19.1. The zero-order valence-electron chi connectivity index (χ0n) is 17.8. The minimum absolute atomic E-state index is 0.0767. The Hall–Kier alpha value is -2.25. The van der Waals surface area contributed by atoms with E-state index in [0.717, 1.165) is 18.4 Å². The van der Waals surface area contributed by atoms with E-state index in [4.69, 9.17) is 4.74 Å². The highest BCUT2D eigenvalue weighted by Crippen LogP contribution is 2.31. The number of halogens is 1. The fraction of sp³-hybridized carbons (Fsp3) is 0.565. The van der Waals surface area contributed by atoms with E-state index in [1.807, 2.05) is 26.0 Å². The van der Waals surface area contributed by atoms with Gasteiger partial charge in [-0.3, -0.25) is 20.3 Å². The van der Waals surface area contributed by atoms with Gasteiger partial charge in [0, 0.05) is 18.9 Å². The lowest BCUT2D eigenvalue weighted by Crippen LogP contribution is -2.46. The van der Waals surface area contributed by atoms with E-state index in [1.165, 1.54) is 18.9 Å². The molecule has 164 valence electrons. The van der Waals surface area contributed by atoms with E-state index in [-0.39, 0.29) is 23.5 Å². The van der Waals surface area contributed by atoms with E-state index >= 15 is 0 Å². The van der Waals surface area contributed by atoms with Crippen molar-refractivity contribution in [3.8, 4) is 5.75 Å². The third kappa shape index (κ3) is 6.64. The molecule has 1 aliphatic heterocycles. The number of hydrogen-bond donors (Lipinski definition) is 3. The van der Waals surface area contributed by atoms with Gasteiger partial charge in [0.1, 0.15) is 0 Å². The number of hydrazine groups is 1. The molecular weight excluding hydrogens is 385 g/mol. The predicted molar refractivity (Wildman–Crippen MR) is 113 cm³/mol. The quantitative estimate of drug-likeness (QED) is 0.223. The van der Waals surface area contributed by atoms with Gasteiger partial charge in [0.05, 0.1) is 12.1 Å². The first kappa shape index (κ1) is 22.4. The summed E-state index contributed by atoms with van der Waals surface area (Å²) in [5, 5.41) is 2.39. The topological polar surface area (TPSA) is 79.5 Å². The Morgan fingerprint density at radius 1 is 1.23 bits per heavy atom. The van der Waals surface area contributed by atoms with Crippen LogP contribution >= 0.6 is 0 Å². The summed E-state index contributed by atoms with van der Waals surface area (Å²) < 4.78 is 19.7. The average molecular weight is 418 g/mol. The van der Waals surface area contributed by atoms with Gasteiger partial charge in [-0.15, -0.1) is 0 Å². The Morgan fingerprint density at radius 2 is 2.03 bits per heavy atom. The number of carbonyl (C=O) groups excluding carboxylic acids is 2. The number of imide groups is 1. The molecular formula is C23H32FN3O3. The average Bonchev–Trinajstić information content (AvgIpc) is 3.52. The van der Waals surface area contributed by atoms with Gasteiger partial charge in [-0.05, 0) is 69.6 Å². The molecule has 1 saturated heterocycles. The Morgan fingerprint density at radius 3 is 2.77 bits per heavy atom. The van der Waals surface area contributed by atoms with Gasteiger partial charge in [0.2, 0.25) is 11.8 Å². The third-order valence-corrected chi connectivity index (χ3v) is 5.65. The molecule has 3 rings (SSSR count). The smallest absolute Gasteiger partial charge is 0.229 e. The van der Waals surface area contributed by atoms with Crippen molar-refractivity contribution in [3.63, 3.8) is 0 Å². The van der Waals surface area contributed by atoms with E-state index < -0.39 is 5.54 Å². The second kappa shape index (κ2) is 10.2. The van der Waals surface area contributed by atoms with Crippen molar-refractivity contribution in [3.05, 3.63) is 41.7 Å². The van der Waals surface area contributed by atoms with Crippen LogP contribution in [0.4, 0.5) is 4.39 Å². The fourth-order valence-electron chi connectivity index (χ4n) is 3.41. The Bertz CT molecular complexity index is 790. The fourth-order valence-corrected chi connectivity index (χ4v) is 3.41. The van der Waals surface area contributed by atoms with Gasteiger partial charge in [-0.2, -0.15) is 0 Å². The maximum Gasteiger partial charge on any atom is 0.229 e. The standard InChI is InChI=1S/C23H32FN3O3/c1-23(2,18-10-11-19(24)20(14-18)30-15-16-7-8-16)27-25-13-5-3-4-6-17-9-12-21(28)26-22(17)29/h3,5,10-11,14,16-17,25,27H,4,6-9,12-13,15H2,1-2H3,(H,26,28,29)/b5-3+. The van der Waals surface area contributed by atoms with Crippen molar-refractivity contribution >= 4 is 11.8 Å². The van der Waals surface area contributed by atoms with Crippen LogP contribution in [-0.2, 0) is 15.1 Å². The molecule has 1 aliphatic carbocycles. The highest BCUT2D eigenvalue weighted by molar-refractivity contribution is 5.98. The zero-order chi connectivity index (χ0) is 21.6. The minimum atomic E-state index is -0.411. The summed E-state index contributed by atoms with van der Waals surface area (Å²) >= 11 is 0. The van der Waals surface area contributed by atoms with Crippen molar-refractivity contribution in [2.24, 2.45) is 11.8 Å². The Balaban J connectivity index is 1.39. The molecule has 6 nitrogen and oxygen atoms in total. The lowest BCUT2D eigenvalue weighted by molar-refractivity contribution is -0.136. The van der Waals surface area contributed by atoms with Crippen LogP contribution in [0.25, 0.3) is 0 Å². The van der Waals surface area contributed by atoms with E-state index in [2.05, 4.69) is 16.2 Å². The van der Waals surface area contributed by atoms with Crippen LogP contribution in [0.3, 0.4) is 0 Å². The number of carbonyl (C=O) groups is 2. The van der Waals surface area contributed by atoms with Crippen molar-refractivity contribution in [1.29, 1.82) is 0 Å².